The van der Waals surface area contributed by atoms with E-state index in [-0.39, 0.29) is 12.3 Å². The van der Waals surface area contributed by atoms with Gasteiger partial charge in [-0.05, 0) is 52.3 Å². The molecule has 1 atom stereocenters. The lowest BCUT2D eigenvalue weighted by Crippen LogP contribution is -2.33. The van der Waals surface area contributed by atoms with Crippen LogP contribution in [-0.2, 0) is 17.6 Å². The number of carboxylic acids is 1. The third kappa shape index (κ3) is 6.19. The first-order chi connectivity index (χ1) is 15.5. The van der Waals surface area contributed by atoms with Gasteiger partial charge in [-0.1, -0.05) is 48.5 Å². The summed E-state index contributed by atoms with van der Waals surface area (Å²) < 4.78 is 6.40. The Bertz CT molecular complexity index is 1060. The lowest BCUT2D eigenvalue weighted by molar-refractivity contribution is -0.145. The number of halogens is 1. The van der Waals surface area contributed by atoms with Crippen molar-refractivity contribution in [1.29, 1.82) is 0 Å². The second-order valence-electron chi connectivity index (χ2n) is 7.01. The van der Waals surface area contributed by atoms with Crippen LogP contribution < -0.4 is 15.4 Å². The van der Waals surface area contributed by atoms with E-state index >= 15 is 0 Å². The van der Waals surface area contributed by atoms with Crippen molar-refractivity contribution < 1.29 is 19.4 Å². The zero-order chi connectivity index (χ0) is 22.9. The molecule has 0 radical (unpaired) electrons. The molecule has 1 aromatic heterocycles. The molecular weight excluding hydrogens is 521 g/mol. The molecule has 0 spiro atoms. The lowest BCUT2D eigenvalue weighted by Gasteiger charge is -2.20. The molecule has 1 heterocycles. The Balaban J connectivity index is 1.83. The summed E-state index contributed by atoms with van der Waals surface area (Å²) in [5.41, 5.74) is 2.02. The minimum absolute atomic E-state index is 0.0150. The summed E-state index contributed by atoms with van der Waals surface area (Å²) in [7, 11) is 1.68. The summed E-state index contributed by atoms with van der Waals surface area (Å²) >= 11 is 2.07. The zero-order valence-electron chi connectivity index (χ0n) is 17.5. The van der Waals surface area contributed by atoms with Gasteiger partial charge in [0.2, 0.25) is 0 Å². The number of carbonyl (C=O) groups excluding carboxylic acids is 1. The molecule has 0 saturated heterocycles. The second-order valence-corrected chi connectivity index (χ2v) is 8.17. The van der Waals surface area contributed by atoms with Gasteiger partial charge in [0.15, 0.2) is 6.10 Å². The summed E-state index contributed by atoms with van der Waals surface area (Å²) in [4.78, 5) is 29.4. The average Bonchev–Trinajstić information content (AvgIpc) is 2.80. The van der Waals surface area contributed by atoms with Crippen molar-refractivity contribution in [3.05, 3.63) is 87.1 Å². The normalized spacial score (nSPS) is 11.4. The Kier molecular flexibility index (Phi) is 8.43. The fraction of sp³-hybridized carbons (Fsp3) is 0.208. The van der Waals surface area contributed by atoms with Crippen LogP contribution in [-0.4, -0.2) is 41.7 Å². The first-order valence-corrected chi connectivity index (χ1v) is 11.2. The number of carboxylic acid groups (broad SMARTS) is 1. The van der Waals surface area contributed by atoms with Gasteiger partial charge in [-0.15, -0.1) is 0 Å². The second kappa shape index (κ2) is 11.5. The van der Waals surface area contributed by atoms with Gasteiger partial charge < -0.3 is 20.5 Å². The highest BCUT2D eigenvalue weighted by atomic mass is 127. The van der Waals surface area contributed by atoms with Crippen LogP contribution in [0, 0.1) is 3.57 Å². The first-order valence-electron chi connectivity index (χ1n) is 10.1. The molecule has 1 amide bonds. The van der Waals surface area contributed by atoms with Gasteiger partial charge in [0, 0.05) is 29.8 Å². The van der Waals surface area contributed by atoms with E-state index < -0.39 is 12.1 Å². The van der Waals surface area contributed by atoms with Gasteiger partial charge in [-0.3, -0.25) is 4.79 Å². The van der Waals surface area contributed by atoms with Gasteiger partial charge >= 0.3 is 5.97 Å². The Morgan fingerprint density at radius 2 is 1.75 bits per heavy atom. The van der Waals surface area contributed by atoms with E-state index in [4.69, 9.17) is 4.74 Å². The molecule has 3 rings (SSSR count). The number of ether oxygens (including phenoxy) is 1. The fourth-order valence-corrected chi connectivity index (χ4v) is 3.87. The van der Waals surface area contributed by atoms with Crippen molar-refractivity contribution in [2.24, 2.45) is 0 Å². The number of nitrogens with zero attached hydrogens (tertiary/aromatic N) is 1. The van der Waals surface area contributed by atoms with Crippen LogP contribution in [0.3, 0.4) is 0 Å². The molecule has 3 aromatic rings. The van der Waals surface area contributed by atoms with E-state index in [9.17, 15) is 14.7 Å². The van der Waals surface area contributed by atoms with Crippen LogP contribution in [0.15, 0.2) is 66.9 Å². The summed E-state index contributed by atoms with van der Waals surface area (Å²) in [5.74, 6) is -0.578. The number of benzene rings is 2. The van der Waals surface area contributed by atoms with Gasteiger partial charge in [0.05, 0.1) is 5.56 Å². The molecule has 3 N–H and O–H groups in total. The summed E-state index contributed by atoms with van der Waals surface area (Å²) in [6.45, 7) is 0.444. The monoisotopic (exact) mass is 545 g/mol. The van der Waals surface area contributed by atoms with Crippen molar-refractivity contribution in [3.63, 3.8) is 0 Å². The molecular formula is C24H24IN3O4. The van der Waals surface area contributed by atoms with Gasteiger partial charge in [-0.2, -0.15) is 0 Å². The molecule has 0 fully saturated rings. The molecule has 8 heteroatoms. The molecule has 2 aromatic carbocycles. The number of rotatable bonds is 10. The number of hydrogen-bond donors (Lipinski definition) is 3. The summed E-state index contributed by atoms with van der Waals surface area (Å²) in [6, 6.07) is 18.6. The van der Waals surface area contributed by atoms with Crippen molar-refractivity contribution >= 4 is 40.3 Å². The van der Waals surface area contributed by atoms with E-state index in [1.807, 2.05) is 36.4 Å². The Labute approximate surface area is 200 Å². The number of para-hydroxylation sites is 1. The molecule has 0 aliphatic rings. The summed E-state index contributed by atoms with van der Waals surface area (Å²) in [6.07, 6.45) is 1.16. The largest absolute Gasteiger partial charge is 0.478 e. The SMILES string of the molecule is CNc1ncc(I)c(CC(Oc2ccccc2)C(=O)O)c1C(=O)NCCc1ccccc1. The van der Waals surface area contributed by atoms with Crippen molar-refractivity contribution in [3.8, 4) is 5.75 Å². The van der Waals surface area contributed by atoms with Gasteiger partial charge in [-0.25, -0.2) is 9.78 Å². The highest BCUT2D eigenvalue weighted by Crippen LogP contribution is 2.25. The van der Waals surface area contributed by atoms with E-state index in [0.29, 0.717) is 39.2 Å². The Hall–Kier alpha value is -3.14. The number of amides is 1. The summed E-state index contributed by atoms with van der Waals surface area (Å²) in [5, 5.41) is 15.6. The quantitative estimate of drug-likeness (QED) is 0.336. The highest BCUT2D eigenvalue weighted by Gasteiger charge is 2.27. The molecule has 0 saturated carbocycles. The zero-order valence-corrected chi connectivity index (χ0v) is 19.7. The number of nitrogens with one attached hydrogen (secondary N) is 2. The maximum absolute atomic E-state index is 13.1. The average molecular weight is 545 g/mol. The number of aromatic nitrogens is 1. The lowest BCUT2D eigenvalue weighted by atomic mass is 10.0. The highest BCUT2D eigenvalue weighted by molar-refractivity contribution is 14.1. The third-order valence-corrected chi connectivity index (χ3v) is 5.76. The predicted octanol–water partition coefficient (Wildman–Crippen LogP) is 3.78. The van der Waals surface area contributed by atoms with E-state index in [2.05, 4.69) is 38.2 Å². The smallest absolute Gasteiger partial charge is 0.345 e. The van der Waals surface area contributed by atoms with Gasteiger partial charge in [0.25, 0.3) is 5.91 Å². The van der Waals surface area contributed by atoms with E-state index in [1.54, 1.807) is 37.5 Å². The topological polar surface area (TPSA) is 101 Å². The Morgan fingerprint density at radius 1 is 1.09 bits per heavy atom. The minimum Gasteiger partial charge on any atom is -0.478 e. The van der Waals surface area contributed by atoms with Crippen molar-refractivity contribution in [1.82, 2.24) is 10.3 Å². The van der Waals surface area contributed by atoms with Crippen LogP contribution in [0.2, 0.25) is 0 Å². The van der Waals surface area contributed by atoms with Crippen LogP contribution >= 0.6 is 22.6 Å². The van der Waals surface area contributed by atoms with Crippen molar-refractivity contribution in [2.75, 3.05) is 18.9 Å². The standard InChI is InChI=1S/C24H24IN3O4/c1-26-22-21(23(29)27-13-12-16-8-4-2-5-9-16)18(19(25)15-28-22)14-20(24(30)31)32-17-10-6-3-7-11-17/h2-11,15,20H,12-14H2,1H3,(H,26,28)(H,27,29)(H,30,31). The maximum Gasteiger partial charge on any atom is 0.345 e. The molecule has 1 unspecified atom stereocenters. The third-order valence-electron chi connectivity index (χ3n) is 4.83. The van der Waals surface area contributed by atoms with Crippen molar-refractivity contribution in [2.45, 2.75) is 18.9 Å². The maximum atomic E-state index is 13.1. The number of aliphatic carboxylic acids is 1. The number of carbonyl (C=O) groups is 2. The van der Waals surface area contributed by atoms with Crippen LogP contribution in [0.4, 0.5) is 5.82 Å². The van der Waals surface area contributed by atoms with E-state index in [0.717, 1.165) is 5.56 Å². The van der Waals surface area contributed by atoms with Crippen LogP contribution in [0.25, 0.3) is 0 Å². The van der Waals surface area contributed by atoms with Gasteiger partial charge in [0.1, 0.15) is 11.6 Å². The molecule has 0 aliphatic carbocycles. The molecule has 166 valence electrons. The number of hydrogen-bond acceptors (Lipinski definition) is 5. The first kappa shape index (κ1) is 23.5. The molecule has 0 bridgehead atoms. The molecule has 32 heavy (non-hydrogen) atoms. The molecule has 7 nitrogen and oxygen atoms in total. The van der Waals surface area contributed by atoms with Crippen LogP contribution in [0.1, 0.15) is 21.5 Å². The predicted molar refractivity (Wildman–Crippen MR) is 131 cm³/mol. The van der Waals surface area contributed by atoms with E-state index in [1.165, 1.54) is 0 Å². The van der Waals surface area contributed by atoms with Crippen LogP contribution in [0.5, 0.6) is 5.75 Å². The molecule has 0 aliphatic heterocycles. The number of anilines is 1. The number of pyridine rings is 1. The Morgan fingerprint density at radius 3 is 2.38 bits per heavy atom. The minimum atomic E-state index is -1.16. The fourth-order valence-electron chi connectivity index (χ4n) is 3.24.